The number of ether oxygens (including phenoxy) is 1. The molecular formula is C9H16O. The van der Waals surface area contributed by atoms with Crippen LogP contribution in [0.25, 0.3) is 0 Å². The van der Waals surface area contributed by atoms with Gasteiger partial charge in [-0.3, -0.25) is 0 Å². The summed E-state index contributed by atoms with van der Waals surface area (Å²) in [6.07, 6.45) is 4.67. The van der Waals surface area contributed by atoms with Crippen LogP contribution in [-0.4, -0.2) is 13.2 Å². The Balaban J connectivity index is 2.46. The average Bonchev–Trinajstić information content (AvgIpc) is 2.12. The minimum atomic E-state index is 0.710. The van der Waals surface area contributed by atoms with Crippen molar-refractivity contribution >= 4 is 0 Å². The van der Waals surface area contributed by atoms with Crippen molar-refractivity contribution in [2.45, 2.75) is 26.7 Å². The largest absolute Gasteiger partial charge is 0.377 e. The van der Waals surface area contributed by atoms with Crippen LogP contribution in [0.2, 0.25) is 0 Å². The Hall–Kier alpha value is -0.300. The van der Waals surface area contributed by atoms with Crippen LogP contribution in [0, 0.1) is 5.92 Å². The van der Waals surface area contributed by atoms with Crippen molar-refractivity contribution in [2.75, 3.05) is 13.2 Å². The summed E-state index contributed by atoms with van der Waals surface area (Å²) < 4.78 is 5.30. The monoisotopic (exact) mass is 140 g/mol. The predicted molar refractivity (Wildman–Crippen MR) is 43.0 cm³/mol. The van der Waals surface area contributed by atoms with E-state index in [0.717, 1.165) is 13.2 Å². The fraction of sp³-hybridized carbons (Fsp3) is 0.778. The van der Waals surface area contributed by atoms with Crippen LogP contribution in [0.1, 0.15) is 26.7 Å². The molecule has 0 saturated heterocycles. The summed E-state index contributed by atoms with van der Waals surface area (Å²) in [4.78, 5) is 0. The standard InChI is InChI=1S/C9H16O/c1-8(2)9-4-3-6-10-7-5-9/h5,8H,3-4,6-7H2,1-2H3. The van der Waals surface area contributed by atoms with E-state index in [4.69, 9.17) is 4.74 Å². The number of hydrogen-bond donors (Lipinski definition) is 0. The molecule has 0 aromatic carbocycles. The van der Waals surface area contributed by atoms with Crippen LogP contribution in [0.15, 0.2) is 11.6 Å². The van der Waals surface area contributed by atoms with Gasteiger partial charge in [-0.15, -0.1) is 0 Å². The van der Waals surface area contributed by atoms with Crippen LogP contribution >= 0.6 is 0 Å². The average molecular weight is 140 g/mol. The summed E-state index contributed by atoms with van der Waals surface area (Å²) in [5, 5.41) is 0. The van der Waals surface area contributed by atoms with E-state index in [1.165, 1.54) is 12.8 Å². The molecule has 0 aromatic rings. The zero-order chi connectivity index (χ0) is 7.40. The van der Waals surface area contributed by atoms with E-state index in [0.29, 0.717) is 5.92 Å². The van der Waals surface area contributed by atoms with Gasteiger partial charge in [0, 0.05) is 6.61 Å². The molecule has 10 heavy (non-hydrogen) atoms. The summed E-state index contributed by atoms with van der Waals surface area (Å²) in [6, 6.07) is 0. The number of hydrogen-bond acceptors (Lipinski definition) is 1. The van der Waals surface area contributed by atoms with Crippen LogP contribution < -0.4 is 0 Å². The molecule has 1 rings (SSSR count). The van der Waals surface area contributed by atoms with Crippen molar-refractivity contribution in [1.29, 1.82) is 0 Å². The molecular weight excluding hydrogens is 124 g/mol. The highest BCUT2D eigenvalue weighted by atomic mass is 16.5. The molecule has 0 aromatic heterocycles. The van der Waals surface area contributed by atoms with Gasteiger partial charge < -0.3 is 4.74 Å². The minimum absolute atomic E-state index is 0.710. The van der Waals surface area contributed by atoms with Crippen molar-refractivity contribution in [3.05, 3.63) is 11.6 Å². The van der Waals surface area contributed by atoms with E-state index >= 15 is 0 Å². The lowest BCUT2D eigenvalue weighted by atomic mass is 9.99. The van der Waals surface area contributed by atoms with Crippen molar-refractivity contribution < 1.29 is 4.74 Å². The van der Waals surface area contributed by atoms with Gasteiger partial charge in [-0.2, -0.15) is 0 Å². The Bertz CT molecular complexity index is 125. The molecule has 0 aliphatic carbocycles. The molecule has 0 saturated carbocycles. The molecule has 0 bridgehead atoms. The molecule has 0 fully saturated rings. The van der Waals surface area contributed by atoms with Gasteiger partial charge in [-0.05, 0) is 18.8 Å². The number of allylic oxidation sites excluding steroid dienone is 1. The van der Waals surface area contributed by atoms with Gasteiger partial charge in [0.25, 0.3) is 0 Å². The molecule has 0 amide bonds. The molecule has 1 heteroatoms. The maximum Gasteiger partial charge on any atom is 0.0650 e. The Kier molecular flexibility index (Phi) is 2.94. The SMILES string of the molecule is CC(C)C1=CCOCCC1. The van der Waals surface area contributed by atoms with Crippen LogP contribution in [0.4, 0.5) is 0 Å². The molecule has 58 valence electrons. The van der Waals surface area contributed by atoms with Gasteiger partial charge in [0.2, 0.25) is 0 Å². The molecule has 1 aliphatic heterocycles. The summed E-state index contributed by atoms with van der Waals surface area (Å²) >= 11 is 0. The maximum absolute atomic E-state index is 5.30. The van der Waals surface area contributed by atoms with E-state index in [1.54, 1.807) is 5.57 Å². The molecule has 1 heterocycles. The lowest BCUT2D eigenvalue weighted by molar-refractivity contribution is 0.165. The van der Waals surface area contributed by atoms with Crippen LogP contribution in [0.5, 0.6) is 0 Å². The second-order valence-corrected chi connectivity index (χ2v) is 3.11. The van der Waals surface area contributed by atoms with Gasteiger partial charge in [0.05, 0.1) is 6.61 Å². The lowest BCUT2D eigenvalue weighted by Gasteiger charge is -2.07. The Morgan fingerprint density at radius 1 is 1.50 bits per heavy atom. The molecule has 0 radical (unpaired) electrons. The number of rotatable bonds is 1. The van der Waals surface area contributed by atoms with E-state index in [-0.39, 0.29) is 0 Å². The van der Waals surface area contributed by atoms with E-state index < -0.39 is 0 Å². The second kappa shape index (κ2) is 3.77. The first-order chi connectivity index (χ1) is 4.80. The van der Waals surface area contributed by atoms with Crippen molar-refractivity contribution in [2.24, 2.45) is 5.92 Å². The first kappa shape index (κ1) is 7.80. The quantitative estimate of drug-likeness (QED) is 0.508. The maximum atomic E-state index is 5.30. The molecule has 0 atom stereocenters. The zero-order valence-corrected chi connectivity index (χ0v) is 6.89. The Labute approximate surface area is 63.1 Å². The fourth-order valence-electron chi connectivity index (χ4n) is 1.25. The van der Waals surface area contributed by atoms with Crippen molar-refractivity contribution in [3.63, 3.8) is 0 Å². The van der Waals surface area contributed by atoms with Gasteiger partial charge in [0.1, 0.15) is 0 Å². The summed E-state index contributed by atoms with van der Waals surface area (Å²) in [5.74, 6) is 0.710. The molecule has 0 spiro atoms. The fourth-order valence-corrected chi connectivity index (χ4v) is 1.25. The minimum Gasteiger partial charge on any atom is -0.377 e. The third-order valence-corrected chi connectivity index (χ3v) is 1.96. The summed E-state index contributed by atoms with van der Waals surface area (Å²) in [5.41, 5.74) is 1.57. The molecule has 1 nitrogen and oxygen atoms in total. The smallest absolute Gasteiger partial charge is 0.0650 e. The Morgan fingerprint density at radius 2 is 2.30 bits per heavy atom. The van der Waals surface area contributed by atoms with Crippen molar-refractivity contribution in [1.82, 2.24) is 0 Å². The third kappa shape index (κ3) is 2.14. The van der Waals surface area contributed by atoms with Gasteiger partial charge in [0.15, 0.2) is 0 Å². The van der Waals surface area contributed by atoms with E-state index in [2.05, 4.69) is 19.9 Å². The molecule has 0 N–H and O–H groups in total. The summed E-state index contributed by atoms with van der Waals surface area (Å²) in [6.45, 7) is 6.26. The Morgan fingerprint density at radius 3 is 3.00 bits per heavy atom. The van der Waals surface area contributed by atoms with Crippen molar-refractivity contribution in [3.8, 4) is 0 Å². The highest BCUT2D eigenvalue weighted by Crippen LogP contribution is 2.17. The second-order valence-electron chi connectivity index (χ2n) is 3.11. The van der Waals surface area contributed by atoms with E-state index in [1.807, 2.05) is 0 Å². The molecule has 0 unspecified atom stereocenters. The van der Waals surface area contributed by atoms with Gasteiger partial charge in [-0.25, -0.2) is 0 Å². The predicted octanol–water partition coefficient (Wildman–Crippen LogP) is 2.38. The normalized spacial score (nSPS) is 20.5. The van der Waals surface area contributed by atoms with Gasteiger partial charge in [-0.1, -0.05) is 25.5 Å². The van der Waals surface area contributed by atoms with Crippen LogP contribution in [-0.2, 0) is 4.74 Å². The van der Waals surface area contributed by atoms with Gasteiger partial charge >= 0.3 is 0 Å². The zero-order valence-electron chi connectivity index (χ0n) is 6.89. The highest BCUT2D eigenvalue weighted by Gasteiger charge is 2.05. The third-order valence-electron chi connectivity index (χ3n) is 1.96. The summed E-state index contributed by atoms with van der Waals surface area (Å²) in [7, 11) is 0. The van der Waals surface area contributed by atoms with E-state index in [9.17, 15) is 0 Å². The van der Waals surface area contributed by atoms with Crippen LogP contribution in [0.3, 0.4) is 0 Å². The molecule has 1 aliphatic rings. The topological polar surface area (TPSA) is 9.23 Å². The highest BCUT2D eigenvalue weighted by molar-refractivity contribution is 5.05. The lowest BCUT2D eigenvalue weighted by Crippen LogP contribution is -1.93. The first-order valence-electron chi connectivity index (χ1n) is 4.07. The first-order valence-corrected chi connectivity index (χ1v) is 4.07.